The van der Waals surface area contributed by atoms with Crippen molar-refractivity contribution in [2.24, 2.45) is 0 Å². The van der Waals surface area contributed by atoms with E-state index in [-0.39, 0.29) is 28.5 Å². The Kier molecular flexibility index (Phi) is 6.05. The second-order valence-electron chi connectivity index (χ2n) is 6.47. The van der Waals surface area contributed by atoms with Crippen molar-refractivity contribution < 1.29 is 14.5 Å². The zero-order valence-corrected chi connectivity index (χ0v) is 16.4. The molecule has 2 atom stereocenters. The van der Waals surface area contributed by atoms with Crippen molar-refractivity contribution >= 4 is 39.7 Å². The number of morpholine rings is 1. The van der Waals surface area contributed by atoms with E-state index in [1.165, 1.54) is 23.5 Å². The summed E-state index contributed by atoms with van der Waals surface area (Å²) >= 11 is 7.09. The summed E-state index contributed by atoms with van der Waals surface area (Å²) in [5.41, 5.74) is 0.706. The predicted molar refractivity (Wildman–Crippen MR) is 103 cm³/mol. The van der Waals surface area contributed by atoms with Crippen LogP contribution in [0.5, 0.6) is 0 Å². The molecule has 1 aliphatic rings. The number of nitrogens with zero attached hydrogens (tertiary/aromatic N) is 3. The Morgan fingerprint density at radius 1 is 1.44 bits per heavy atom. The van der Waals surface area contributed by atoms with Crippen LogP contribution in [-0.2, 0) is 11.3 Å². The van der Waals surface area contributed by atoms with Gasteiger partial charge in [-0.3, -0.25) is 25.1 Å². The quantitative estimate of drug-likeness (QED) is 0.597. The largest absolute Gasteiger partial charge is 0.373 e. The van der Waals surface area contributed by atoms with E-state index in [0.717, 1.165) is 24.8 Å². The van der Waals surface area contributed by atoms with Crippen molar-refractivity contribution in [3.63, 3.8) is 0 Å². The van der Waals surface area contributed by atoms with E-state index < -0.39 is 10.8 Å². The summed E-state index contributed by atoms with van der Waals surface area (Å²) in [6.45, 7) is 6.42. The fourth-order valence-electron chi connectivity index (χ4n) is 3.04. The first-order valence-electron chi connectivity index (χ1n) is 8.39. The van der Waals surface area contributed by atoms with Crippen molar-refractivity contribution in [3.8, 4) is 0 Å². The van der Waals surface area contributed by atoms with Crippen LogP contribution in [0, 0.1) is 10.1 Å². The van der Waals surface area contributed by atoms with Gasteiger partial charge in [0.1, 0.15) is 5.02 Å². The molecular weight excluding hydrogens is 392 g/mol. The Bertz CT molecular complexity index is 849. The molecule has 1 aromatic carbocycles. The number of anilines is 1. The zero-order valence-electron chi connectivity index (χ0n) is 14.8. The lowest BCUT2D eigenvalue weighted by Gasteiger charge is -2.34. The van der Waals surface area contributed by atoms with Gasteiger partial charge in [-0.2, -0.15) is 0 Å². The molecule has 144 valence electrons. The molecule has 0 bridgehead atoms. The summed E-state index contributed by atoms with van der Waals surface area (Å²) < 4.78 is 5.72. The first kappa shape index (κ1) is 19.7. The molecule has 0 aliphatic carbocycles. The Morgan fingerprint density at radius 2 is 2.15 bits per heavy atom. The Labute approximate surface area is 165 Å². The number of amides is 1. The van der Waals surface area contributed by atoms with Crippen LogP contribution < -0.4 is 5.32 Å². The SMILES string of the molecule is CC1CN(Cc2csc(NC(=O)c3ccc(Cl)c([N+](=O)[O-])c3)n2)CC(C)O1. The second kappa shape index (κ2) is 8.30. The van der Waals surface area contributed by atoms with Crippen molar-refractivity contribution in [2.45, 2.75) is 32.6 Å². The van der Waals surface area contributed by atoms with Gasteiger partial charge in [-0.15, -0.1) is 11.3 Å². The molecule has 1 saturated heterocycles. The molecule has 0 saturated carbocycles. The number of nitro benzene ring substituents is 1. The van der Waals surface area contributed by atoms with E-state index in [4.69, 9.17) is 16.3 Å². The van der Waals surface area contributed by atoms with Gasteiger partial charge in [-0.25, -0.2) is 4.98 Å². The molecular formula is C17H19ClN4O4S. The fourth-order valence-corrected chi connectivity index (χ4v) is 3.93. The second-order valence-corrected chi connectivity index (χ2v) is 7.74. The molecule has 3 rings (SSSR count). The first-order chi connectivity index (χ1) is 12.8. The van der Waals surface area contributed by atoms with Crippen LogP contribution in [0.25, 0.3) is 0 Å². The highest BCUT2D eigenvalue weighted by atomic mass is 35.5. The number of nitrogens with one attached hydrogen (secondary N) is 1. The lowest BCUT2D eigenvalue weighted by Crippen LogP contribution is -2.44. The average Bonchev–Trinajstić information content (AvgIpc) is 3.00. The monoisotopic (exact) mass is 410 g/mol. The molecule has 2 unspecified atom stereocenters. The molecule has 10 heteroatoms. The van der Waals surface area contributed by atoms with Crippen LogP contribution in [0.1, 0.15) is 29.9 Å². The Morgan fingerprint density at radius 3 is 2.81 bits per heavy atom. The van der Waals surface area contributed by atoms with Crippen LogP contribution in [0.4, 0.5) is 10.8 Å². The minimum Gasteiger partial charge on any atom is -0.373 e. The van der Waals surface area contributed by atoms with Gasteiger partial charge in [0.25, 0.3) is 11.6 Å². The third-order valence-electron chi connectivity index (χ3n) is 4.06. The van der Waals surface area contributed by atoms with Crippen LogP contribution in [0.3, 0.4) is 0 Å². The van der Waals surface area contributed by atoms with Crippen LogP contribution in [0.15, 0.2) is 23.6 Å². The maximum atomic E-state index is 12.3. The number of halogens is 1. The van der Waals surface area contributed by atoms with Crippen LogP contribution >= 0.6 is 22.9 Å². The molecule has 1 aromatic heterocycles. The maximum Gasteiger partial charge on any atom is 0.288 e. The molecule has 8 nitrogen and oxygen atoms in total. The number of hydrogen-bond acceptors (Lipinski definition) is 7. The average molecular weight is 411 g/mol. The van der Waals surface area contributed by atoms with Gasteiger partial charge < -0.3 is 4.74 Å². The third kappa shape index (κ3) is 5.01. The topological polar surface area (TPSA) is 97.6 Å². The summed E-state index contributed by atoms with van der Waals surface area (Å²) in [7, 11) is 0. The Hall–Kier alpha value is -2.07. The number of hydrogen-bond donors (Lipinski definition) is 1. The van der Waals surface area contributed by atoms with Gasteiger partial charge >= 0.3 is 0 Å². The molecule has 27 heavy (non-hydrogen) atoms. The molecule has 2 heterocycles. The fraction of sp³-hybridized carbons (Fsp3) is 0.412. The molecule has 0 spiro atoms. The Balaban J connectivity index is 1.64. The number of thiazole rings is 1. The van der Waals surface area contributed by atoms with Gasteiger partial charge in [-0.05, 0) is 26.0 Å². The molecule has 2 aromatic rings. The van der Waals surface area contributed by atoms with E-state index >= 15 is 0 Å². The van der Waals surface area contributed by atoms with E-state index in [1.807, 2.05) is 19.2 Å². The van der Waals surface area contributed by atoms with Crippen LogP contribution in [-0.4, -0.2) is 46.0 Å². The minimum absolute atomic E-state index is 0.0120. The van der Waals surface area contributed by atoms with Crippen molar-refractivity contribution in [1.29, 1.82) is 0 Å². The molecule has 1 N–H and O–H groups in total. The highest BCUT2D eigenvalue weighted by Gasteiger charge is 2.23. The van der Waals surface area contributed by atoms with Crippen molar-refractivity contribution in [1.82, 2.24) is 9.88 Å². The van der Waals surface area contributed by atoms with E-state index in [2.05, 4.69) is 15.2 Å². The normalized spacial score (nSPS) is 20.4. The van der Waals surface area contributed by atoms with Crippen molar-refractivity contribution in [3.05, 3.63) is 50.0 Å². The van der Waals surface area contributed by atoms with E-state index in [0.29, 0.717) is 11.7 Å². The summed E-state index contributed by atoms with van der Waals surface area (Å²) in [4.78, 5) is 29.4. The van der Waals surface area contributed by atoms with E-state index in [9.17, 15) is 14.9 Å². The molecule has 1 amide bonds. The predicted octanol–water partition coefficient (Wildman–Crippen LogP) is 3.57. The van der Waals surface area contributed by atoms with Gasteiger partial charge in [0.15, 0.2) is 5.13 Å². The first-order valence-corrected chi connectivity index (χ1v) is 9.65. The smallest absolute Gasteiger partial charge is 0.288 e. The maximum absolute atomic E-state index is 12.3. The number of benzene rings is 1. The lowest BCUT2D eigenvalue weighted by molar-refractivity contribution is -0.384. The molecule has 0 radical (unpaired) electrons. The van der Waals surface area contributed by atoms with Gasteiger partial charge in [0, 0.05) is 36.6 Å². The summed E-state index contributed by atoms with van der Waals surface area (Å²) in [5.74, 6) is -0.468. The number of aromatic nitrogens is 1. The van der Waals surface area contributed by atoms with Gasteiger partial charge in [-0.1, -0.05) is 11.6 Å². The van der Waals surface area contributed by atoms with E-state index in [1.54, 1.807) is 0 Å². The number of nitro groups is 1. The summed E-state index contributed by atoms with van der Waals surface area (Å²) in [6, 6.07) is 3.93. The number of ether oxygens (including phenoxy) is 1. The zero-order chi connectivity index (χ0) is 19.6. The standard InChI is InChI=1S/C17H19ClN4O4S/c1-10-6-21(7-11(2)26-10)8-13-9-27-17(19-13)20-16(23)12-3-4-14(18)15(5-12)22(24)25/h3-5,9-11H,6-8H2,1-2H3,(H,19,20,23). The minimum atomic E-state index is -0.620. The number of carbonyl (C=O) groups is 1. The third-order valence-corrected chi connectivity index (χ3v) is 5.18. The van der Waals surface area contributed by atoms with Crippen molar-refractivity contribution in [2.75, 3.05) is 18.4 Å². The lowest BCUT2D eigenvalue weighted by atomic mass is 10.2. The molecule has 1 fully saturated rings. The van der Waals surface area contributed by atoms with Gasteiger partial charge in [0.2, 0.25) is 0 Å². The summed E-state index contributed by atoms with van der Waals surface area (Å²) in [6.07, 6.45) is 0.347. The highest BCUT2D eigenvalue weighted by molar-refractivity contribution is 7.14. The molecule has 1 aliphatic heterocycles. The van der Waals surface area contributed by atoms with Crippen LogP contribution in [0.2, 0.25) is 5.02 Å². The number of rotatable bonds is 5. The summed E-state index contributed by atoms with van der Waals surface area (Å²) in [5, 5.41) is 16.0. The highest BCUT2D eigenvalue weighted by Crippen LogP contribution is 2.26. The number of carbonyl (C=O) groups excluding carboxylic acids is 1. The van der Waals surface area contributed by atoms with Gasteiger partial charge in [0.05, 0.1) is 22.8 Å².